The highest BCUT2D eigenvalue weighted by atomic mass is 35.5. The van der Waals surface area contributed by atoms with E-state index in [2.05, 4.69) is 14.8 Å². The fraction of sp³-hybridized carbons (Fsp3) is 0.286. The topological polar surface area (TPSA) is 98.8 Å². The molecule has 0 aromatic heterocycles. The van der Waals surface area contributed by atoms with Gasteiger partial charge in [0.25, 0.3) is 5.78 Å². The Bertz CT molecular complexity index is 646. The SMILES string of the molecule is COC(=O)C(=O)[C@H](CC(=O)Nc1cc(Cl)ccc1Cl)C(=O)OC. The van der Waals surface area contributed by atoms with E-state index in [0.29, 0.717) is 5.02 Å². The van der Waals surface area contributed by atoms with Crippen LogP contribution in [0.5, 0.6) is 0 Å². The van der Waals surface area contributed by atoms with E-state index < -0.39 is 36.0 Å². The summed E-state index contributed by atoms with van der Waals surface area (Å²) < 4.78 is 8.68. The van der Waals surface area contributed by atoms with Gasteiger partial charge in [0.2, 0.25) is 5.91 Å². The minimum Gasteiger partial charge on any atom is -0.468 e. The molecule has 0 spiro atoms. The number of carbonyl (C=O) groups is 4. The molecule has 1 aromatic carbocycles. The number of rotatable bonds is 6. The van der Waals surface area contributed by atoms with Crippen LogP contribution in [0.4, 0.5) is 5.69 Å². The maximum absolute atomic E-state index is 12.0. The second-order valence-corrected chi connectivity index (χ2v) is 5.15. The lowest BCUT2D eigenvalue weighted by Gasteiger charge is -2.13. The average molecular weight is 362 g/mol. The standard InChI is InChI=1S/C14H13Cl2NO6/c1-22-13(20)8(12(19)14(21)23-2)6-11(18)17-10-5-7(15)3-4-9(10)16/h3-5,8H,6H2,1-2H3,(H,17,18)/t8-/m0/s1. The van der Waals surface area contributed by atoms with Crippen LogP contribution in [0.2, 0.25) is 10.0 Å². The third-order valence-electron chi connectivity index (χ3n) is 2.78. The molecule has 0 saturated heterocycles. The Morgan fingerprint density at radius 2 is 1.78 bits per heavy atom. The molecular formula is C14H13Cl2NO6. The van der Waals surface area contributed by atoms with Crippen LogP contribution < -0.4 is 5.32 Å². The van der Waals surface area contributed by atoms with Gasteiger partial charge in [-0.25, -0.2) is 4.79 Å². The number of hydrogen-bond acceptors (Lipinski definition) is 6. The van der Waals surface area contributed by atoms with E-state index in [1.165, 1.54) is 18.2 Å². The van der Waals surface area contributed by atoms with Gasteiger partial charge in [0.1, 0.15) is 5.92 Å². The van der Waals surface area contributed by atoms with Crippen LogP contribution in [0, 0.1) is 5.92 Å². The molecule has 7 nitrogen and oxygen atoms in total. The first kappa shape index (κ1) is 18.9. The molecule has 0 radical (unpaired) electrons. The monoisotopic (exact) mass is 361 g/mol. The number of anilines is 1. The number of Topliss-reactive ketones (excluding diaryl/α,β-unsaturated/α-hetero) is 1. The molecule has 0 aliphatic carbocycles. The fourth-order valence-electron chi connectivity index (χ4n) is 1.65. The van der Waals surface area contributed by atoms with E-state index in [-0.39, 0.29) is 10.7 Å². The predicted octanol–water partition coefficient (Wildman–Crippen LogP) is 1.85. The van der Waals surface area contributed by atoms with Crippen molar-refractivity contribution in [2.24, 2.45) is 5.92 Å². The number of benzene rings is 1. The maximum Gasteiger partial charge on any atom is 0.375 e. The predicted molar refractivity (Wildman–Crippen MR) is 82.2 cm³/mol. The summed E-state index contributed by atoms with van der Waals surface area (Å²) in [7, 11) is 2.02. The number of methoxy groups -OCH3 is 2. The molecule has 0 aliphatic rings. The van der Waals surface area contributed by atoms with Crippen LogP contribution in [0.1, 0.15) is 6.42 Å². The lowest BCUT2D eigenvalue weighted by atomic mass is 9.99. The summed E-state index contributed by atoms with van der Waals surface area (Å²) in [5.74, 6) is -5.76. The molecule has 1 amide bonds. The van der Waals surface area contributed by atoms with E-state index in [9.17, 15) is 19.2 Å². The third kappa shape index (κ3) is 5.22. The molecule has 0 bridgehead atoms. The van der Waals surface area contributed by atoms with Gasteiger partial charge in [-0.15, -0.1) is 0 Å². The summed E-state index contributed by atoms with van der Waals surface area (Å²) in [6.07, 6.45) is -0.608. The first-order valence-electron chi connectivity index (χ1n) is 6.25. The number of esters is 2. The first-order valence-corrected chi connectivity index (χ1v) is 7.00. The number of amides is 1. The van der Waals surface area contributed by atoms with Crippen LogP contribution in [0.25, 0.3) is 0 Å². The lowest BCUT2D eigenvalue weighted by Crippen LogP contribution is -2.35. The van der Waals surface area contributed by atoms with Gasteiger partial charge in [-0.1, -0.05) is 23.2 Å². The number of ketones is 1. The van der Waals surface area contributed by atoms with Crippen molar-refractivity contribution in [2.45, 2.75) is 6.42 Å². The second-order valence-electron chi connectivity index (χ2n) is 4.31. The van der Waals surface area contributed by atoms with Gasteiger partial charge in [0.15, 0.2) is 0 Å². The number of hydrogen-bond donors (Lipinski definition) is 1. The molecule has 0 aliphatic heterocycles. The Kier molecular flexibility index (Phi) is 6.99. The summed E-state index contributed by atoms with van der Waals surface area (Å²) >= 11 is 11.7. The highest BCUT2D eigenvalue weighted by Gasteiger charge is 2.35. The van der Waals surface area contributed by atoms with E-state index >= 15 is 0 Å². The van der Waals surface area contributed by atoms with Crippen LogP contribution in [0.3, 0.4) is 0 Å². The van der Waals surface area contributed by atoms with Crippen molar-refractivity contribution >= 4 is 52.5 Å². The molecule has 0 heterocycles. The number of nitrogens with one attached hydrogen (secondary N) is 1. The Morgan fingerprint density at radius 1 is 1.13 bits per heavy atom. The second kappa shape index (κ2) is 8.50. The third-order valence-corrected chi connectivity index (χ3v) is 3.35. The van der Waals surface area contributed by atoms with Crippen LogP contribution >= 0.6 is 23.2 Å². The highest BCUT2D eigenvalue weighted by molar-refractivity contribution is 6.38. The van der Waals surface area contributed by atoms with E-state index in [4.69, 9.17) is 23.2 Å². The lowest BCUT2D eigenvalue weighted by molar-refractivity contribution is -0.160. The van der Waals surface area contributed by atoms with Gasteiger partial charge in [-0.2, -0.15) is 0 Å². The number of carbonyl (C=O) groups excluding carboxylic acids is 4. The largest absolute Gasteiger partial charge is 0.468 e. The summed E-state index contributed by atoms with van der Waals surface area (Å²) in [6, 6.07) is 4.39. The zero-order chi connectivity index (χ0) is 17.6. The fourth-order valence-corrected chi connectivity index (χ4v) is 1.98. The zero-order valence-corrected chi connectivity index (χ0v) is 13.7. The van der Waals surface area contributed by atoms with Crippen molar-refractivity contribution in [2.75, 3.05) is 19.5 Å². The van der Waals surface area contributed by atoms with Gasteiger partial charge >= 0.3 is 11.9 Å². The van der Waals surface area contributed by atoms with Gasteiger partial charge in [0.05, 0.1) is 24.9 Å². The molecule has 1 N–H and O–H groups in total. The number of ether oxygens (including phenoxy) is 2. The van der Waals surface area contributed by atoms with Crippen LogP contribution in [-0.4, -0.2) is 37.8 Å². The Hall–Kier alpha value is -2.12. The summed E-state index contributed by atoms with van der Waals surface area (Å²) in [5, 5.41) is 2.96. The van der Waals surface area contributed by atoms with E-state index in [1.807, 2.05) is 0 Å². The van der Waals surface area contributed by atoms with Crippen molar-refractivity contribution in [1.29, 1.82) is 0 Å². The Morgan fingerprint density at radius 3 is 2.35 bits per heavy atom. The molecule has 1 rings (SSSR count). The minimum absolute atomic E-state index is 0.207. The molecule has 0 fully saturated rings. The molecule has 0 unspecified atom stereocenters. The van der Waals surface area contributed by atoms with Crippen molar-refractivity contribution in [3.8, 4) is 0 Å². The van der Waals surface area contributed by atoms with Crippen molar-refractivity contribution in [3.63, 3.8) is 0 Å². The van der Waals surface area contributed by atoms with E-state index in [1.54, 1.807) is 0 Å². The van der Waals surface area contributed by atoms with Gasteiger partial charge < -0.3 is 14.8 Å². The Labute approximate surface area is 141 Å². The van der Waals surface area contributed by atoms with Crippen molar-refractivity contribution in [1.82, 2.24) is 0 Å². The first-order chi connectivity index (χ1) is 10.8. The van der Waals surface area contributed by atoms with E-state index in [0.717, 1.165) is 14.2 Å². The van der Waals surface area contributed by atoms with Gasteiger partial charge in [0, 0.05) is 11.4 Å². The van der Waals surface area contributed by atoms with Crippen LogP contribution in [-0.2, 0) is 28.7 Å². The zero-order valence-electron chi connectivity index (χ0n) is 12.2. The average Bonchev–Trinajstić information content (AvgIpc) is 2.53. The van der Waals surface area contributed by atoms with Crippen LogP contribution in [0.15, 0.2) is 18.2 Å². The van der Waals surface area contributed by atoms with Gasteiger partial charge in [-0.3, -0.25) is 14.4 Å². The summed E-state index contributed by atoms with van der Waals surface area (Å²) in [4.78, 5) is 46.6. The molecule has 124 valence electrons. The molecule has 1 atom stereocenters. The van der Waals surface area contributed by atoms with Gasteiger partial charge in [-0.05, 0) is 18.2 Å². The normalized spacial score (nSPS) is 11.3. The smallest absolute Gasteiger partial charge is 0.375 e. The minimum atomic E-state index is -1.61. The Balaban J connectivity index is 2.89. The highest BCUT2D eigenvalue weighted by Crippen LogP contribution is 2.25. The number of halogens is 2. The molecule has 0 saturated carbocycles. The summed E-state index contributed by atoms with van der Waals surface area (Å²) in [5.41, 5.74) is 0.207. The molecule has 1 aromatic rings. The molecule has 23 heavy (non-hydrogen) atoms. The molecular weight excluding hydrogens is 349 g/mol. The molecule has 9 heteroatoms. The summed E-state index contributed by atoms with van der Waals surface area (Å²) in [6.45, 7) is 0. The van der Waals surface area contributed by atoms with Crippen molar-refractivity contribution < 1.29 is 28.7 Å². The maximum atomic E-state index is 12.0. The quantitative estimate of drug-likeness (QED) is 0.471. The van der Waals surface area contributed by atoms with Crippen molar-refractivity contribution in [3.05, 3.63) is 28.2 Å².